The molecule has 0 atom stereocenters. The maximum atomic E-state index is 11.3. The van der Waals surface area contributed by atoms with Crippen molar-refractivity contribution in [2.75, 3.05) is 0 Å². The highest BCUT2D eigenvalue weighted by Crippen LogP contribution is 2.35. The highest BCUT2D eigenvalue weighted by molar-refractivity contribution is 5.94. The van der Waals surface area contributed by atoms with Crippen LogP contribution in [-0.4, -0.2) is 16.0 Å². The van der Waals surface area contributed by atoms with E-state index < -0.39 is 0 Å². The van der Waals surface area contributed by atoms with Crippen molar-refractivity contribution >= 4 is 22.5 Å². The van der Waals surface area contributed by atoms with Crippen molar-refractivity contribution in [3.05, 3.63) is 24.3 Å². The minimum atomic E-state index is -0.310. The van der Waals surface area contributed by atoms with Crippen molar-refractivity contribution in [1.29, 1.82) is 0 Å². The number of hydrogen-bond acceptors (Lipinski definition) is 3. The Balaban J connectivity index is 2.42. The molecule has 0 unspecified atom stereocenters. The number of nitrogens with zero attached hydrogens (tertiary/aromatic N) is 2. The molecule has 88 valence electrons. The summed E-state index contributed by atoms with van der Waals surface area (Å²) in [6.07, 6.45) is 0. The van der Waals surface area contributed by atoms with Gasteiger partial charge in [0.25, 0.3) is 5.91 Å². The summed E-state index contributed by atoms with van der Waals surface area (Å²) in [4.78, 5) is 14.1. The Bertz CT molecular complexity index is 584. The van der Waals surface area contributed by atoms with E-state index in [0.29, 0.717) is 5.69 Å². The van der Waals surface area contributed by atoms with Gasteiger partial charge in [-0.2, -0.15) is 0 Å². The first kappa shape index (κ1) is 11.3. The molecule has 0 fully saturated rings. The van der Waals surface area contributed by atoms with E-state index in [-0.39, 0.29) is 17.7 Å². The Kier molecular flexibility index (Phi) is 2.91. The van der Waals surface area contributed by atoms with Gasteiger partial charge in [-0.25, -0.2) is 0 Å². The van der Waals surface area contributed by atoms with Gasteiger partial charge in [-0.15, -0.1) is 10.2 Å². The minimum absolute atomic E-state index is 0.0773. The molecule has 0 aliphatic rings. The average molecular weight is 231 g/mol. The van der Waals surface area contributed by atoms with Gasteiger partial charge >= 0.3 is 0 Å². The lowest BCUT2D eigenvalue weighted by molar-refractivity contribution is -0.121. The molecule has 17 heavy (non-hydrogen) atoms. The number of azo groups is 1. The topological polar surface area (TPSA) is 77.8 Å². The molecule has 2 aromatic rings. The number of aromatic nitrogens is 1. The number of para-hydroxylation sites is 1. The van der Waals surface area contributed by atoms with E-state index in [9.17, 15) is 9.90 Å². The lowest BCUT2D eigenvalue weighted by atomic mass is 10.2. The van der Waals surface area contributed by atoms with Crippen molar-refractivity contribution < 1.29 is 9.90 Å². The van der Waals surface area contributed by atoms with E-state index in [1.54, 1.807) is 19.9 Å². The molecule has 0 aliphatic heterocycles. The number of H-pyrrole nitrogens is 1. The molecule has 2 rings (SSSR count). The summed E-state index contributed by atoms with van der Waals surface area (Å²) in [5, 5.41) is 17.8. The number of carbonyl (C=O) groups is 1. The zero-order valence-electron chi connectivity index (χ0n) is 9.64. The molecule has 0 radical (unpaired) electrons. The molecule has 2 N–H and O–H groups in total. The third-order valence-corrected chi connectivity index (χ3v) is 2.40. The number of rotatable bonds is 2. The number of benzene rings is 1. The largest absolute Gasteiger partial charge is 0.493 e. The fourth-order valence-electron chi connectivity index (χ4n) is 1.43. The van der Waals surface area contributed by atoms with Crippen molar-refractivity contribution in [2.45, 2.75) is 13.8 Å². The lowest BCUT2D eigenvalue weighted by Gasteiger charge is -1.95. The Morgan fingerprint density at radius 1 is 1.35 bits per heavy atom. The van der Waals surface area contributed by atoms with Crippen LogP contribution < -0.4 is 0 Å². The number of amides is 1. The molecule has 0 saturated carbocycles. The predicted octanol–water partition coefficient (Wildman–Crippen LogP) is 3.14. The molecular weight excluding hydrogens is 218 g/mol. The van der Waals surface area contributed by atoms with E-state index in [4.69, 9.17) is 0 Å². The quantitative estimate of drug-likeness (QED) is 0.779. The van der Waals surface area contributed by atoms with Crippen LogP contribution in [0.4, 0.5) is 5.69 Å². The number of hydrogen-bond donors (Lipinski definition) is 2. The number of carbonyl (C=O) groups excluding carboxylic acids is 1. The fourth-order valence-corrected chi connectivity index (χ4v) is 1.43. The Morgan fingerprint density at radius 2 is 2.06 bits per heavy atom. The van der Waals surface area contributed by atoms with Crippen molar-refractivity contribution in [1.82, 2.24) is 4.98 Å². The Hall–Kier alpha value is -2.17. The van der Waals surface area contributed by atoms with Gasteiger partial charge in [0.15, 0.2) is 5.69 Å². The maximum absolute atomic E-state index is 11.3. The fraction of sp³-hybridized carbons (Fsp3) is 0.250. The molecule has 0 aliphatic carbocycles. The van der Waals surface area contributed by atoms with Crippen LogP contribution in [0, 0.1) is 5.92 Å². The number of aromatic hydroxyl groups is 1. The first-order chi connectivity index (χ1) is 8.09. The van der Waals surface area contributed by atoms with Crippen molar-refractivity contribution in [3.63, 3.8) is 0 Å². The third kappa shape index (κ3) is 2.18. The summed E-state index contributed by atoms with van der Waals surface area (Å²) in [6, 6.07) is 7.30. The summed E-state index contributed by atoms with van der Waals surface area (Å²) >= 11 is 0. The third-order valence-electron chi connectivity index (χ3n) is 2.40. The highest BCUT2D eigenvalue weighted by atomic mass is 16.3. The van der Waals surface area contributed by atoms with Crippen LogP contribution in [0.2, 0.25) is 0 Å². The van der Waals surface area contributed by atoms with Crippen LogP contribution in [0.1, 0.15) is 13.8 Å². The maximum Gasteiger partial charge on any atom is 0.267 e. The van der Waals surface area contributed by atoms with Gasteiger partial charge in [-0.1, -0.05) is 32.0 Å². The monoisotopic (exact) mass is 231 g/mol. The molecule has 1 aromatic carbocycles. The minimum Gasteiger partial charge on any atom is -0.493 e. The number of fused-ring (bicyclic) bond motifs is 1. The Labute approximate surface area is 98.2 Å². The molecule has 0 saturated heterocycles. The molecule has 0 spiro atoms. The summed E-state index contributed by atoms with van der Waals surface area (Å²) in [5.74, 6) is -0.590. The van der Waals surface area contributed by atoms with Gasteiger partial charge in [0.1, 0.15) is 0 Å². The van der Waals surface area contributed by atoms with Crippen LogP contribution in [-0.2, 0) is 4.79 Å². The smallest absolute Gasteiger partial charge is 0.267 e. The van der Waals surface area contributed by atoms with E-state index in [0.717, 1.165) is 10.9 Å². The molecule has 1 aromatic heterocycles. The van der Waals surface area contributed by atoms with Crippen LogP contribution in [0.15, 0.2) is 34.5 Å². The van der Waals surface area contributed by atoms with Crippen LogP contribution >= 0.6 is 0 Å². The summed E-state index contributed by atoms with van der Waals surface area (Å²) in [5.41, 5.74) is 1.06. The normalized spacial score (nSPS) is 11.7. The van der Waals surface area contributed by atoms with Crippen molar-refractivity contribution in [3.8, 4) is 5.88 Å². The van der Waals surface area contributed by atoms with Gasteiger partial charge < -0.3 is 10.1 Å². The summed E-state index contributed by atoms with van der Waals surface area (Å²) in [7, 11) is 0. The van der Waals surface area contributed by atoms with E-state index in [1.165, 1.54) is 0 Å². The molecular formula is C12H13N3O2. The molecule has 1 heterocycles. The van der Waals surface area contributed by atoms with Gasteiger partial charge in [-0.3, -0.25) is 4.79 Å². The Morgan fingerprint density at radius 3 is 2.76 bits per heavy atom. The highest BCUT2D eigenvalue weighted by Gasteiger charge is 2.11. The first-order valence-corrected chi connectivity index (χ1v) is 5.35. The van der Waals surface area contributed by atoms with Crippen LogP contribution in [0.3, 0.4) is 0 Å². The van der Waals surface area contributed by atoms with Gasteiger partial charge in [-0.05, 0) is 6.07 Å². The molecule has 0 bridgehead atoms. The van der Waals surface area contributed by atoms with Gasteiger partial charge in [0.05, 0.1) is 5.52 Å². The summed E-state index contributed by atoms with van der Waals surface area (Å²) < 4.78 is 0. The lowest BCUT2D eigenvalue weighted by Crippen LogP contribution is -2.01. The summed E-state index contributed by atoms with van der Waals surface area (Å²) in [6.45, 7) is 3.49. The second-order valence-corrected chi connectivity index (χ2v) is 4.06. The van der Waals surface area contributed by atoms with Crippen LogP contribution in [0.25, 0.3) is 10.9 Å². The van der Waals surface area contributed by atoms with E-state index in [1.807, 2.05) is 18.2 Å². The SMILES string of the molecule is CC(C)C(=O)N=Nc1c(O)[nH]c2ccccc12. The zero-order valence-corrected chi connectivity index (χ0v) is 9.64. The molecule has 5 heteroatoms. The standard InChI is InChI=1S/C12H13N3O2/c1-7(2)11(16)15-14-10-8-5-3-4-6-9(8)13-12(10)17/h3-7,13,17H,1-2H3. The second-order valence-electron chi connectivity index (χ2n) is 4.06. The zero-order chi connectivity index (χ0) is 12.4. The van der Waals surface area contributed by atoms with Crippen molar-refractivity contribution in [2.24, 2.45) is 16.1 Å². The van der Waals surface area contributed by atoms with Gasteiger partial charge in [0.2, 0.25) is 5.88 Å². The van der Waals surface area contributed by atoms with Gasteiger partial charge in [0, 0.05) is 11.3 Å². The average Bonchev–Trinajstić information content (AvgIpc) is 2.61. The van der Waals surface area contributed by atoms with E-state index in [2.05, 4.69) is 15.2 Å². The predicted molar refractivity (Wildman–Crippen MR) is 64.3 cm³/mol. The second kappa shape index (κ2) is 4.37. The first-order valence-electron chi connectivity index (χ1n) is 5.35. The molecule has 1 amide bonds. The number of aromatic amines is 1. The van der Waals surface area contributed by atoms with Crippen LogP contribution in [0.5, 0.6) is 5.88 Å². The number of nitrogens with one attached hydrogen (secondary N) is 1. The van der Waals surface area contributed by atoms with E-state index >= 15 is 0 Å². The molecule has 5 nitrogen and oxygen atoms in total.